The summed E-state index contributed by atoms with van der Waals surface area (Å²) in [5.41, 5.74) is 2.64. The Bertz CT molecular complexity index is 1650. The number of aliphatic hydroxyl groups is 2. The molecule has 15 heteroatoms. The van der Waals surface area contributed by atoms with Gasteiger partial charge >= 0.3 is 51.9 Å². The minimum absolute atomic E-state index is 0. The van der Waals surface area contributed by atoms with E-state index in [2.05, 4.69) is 48.6 Å². The predicted octanol–water partition coefficient (Wildman–Crippen LogP) is 8.80. The van der Waals surface area contributed by atoms with Crippen LogP contribution in [0.4, 0.5) is 0 Å². The molecule has 1 aliphatic heterocycles. The number of amides is 1. The van der Waals surface area contributed by atoms with Crippen LogP contribution in [0.3, 0.4) is 0 Å². The number of carbonyl (C=O) groups is 3. The molecular formula is C50H80NNaO12S. The number of ether oxygens (including phenoxy) is 3. The zero-order valence-corrected chi connectivity index (χ0v) is 39.3. The van der Waals surface area contributed by atoms with E-state index in [4.69, 9.17) is 18.4 Å². The standard InChI is InChI=1S/C50H79NO12S.Na.H/c1-2-3-4-5-6-7-8-15-26-35-42(60-45(54)36-27-16-11-9-13-20-29-40-31-22-18-23-32-40)38-44(53)51-47-49(48(63-64(57,58)59)43(39-52)61-50(47)56)62-46(55)37-28-17-12-10-14-21-30-41-33-24-19-25-34-41;;/h18-19,22-25,31-34,42-43,47-50,52,56H,2-17,20-21,26-30,35-39H2,1H3,(H,51,53)(H,57,58,59);;/t42?,43-,47-,48-,49-,50?;;/m1../s1. The van der Waals surface area contributed by atoms with Gasteiger partial charge in [-0.3, -0.25) is 18.9 Å². The van der Waals surface area contributed by atoms with Gasteiger partial charge in [0.05, 0.1) is 13.0 Å². The summed E-state index contributed by atoms with van der Waals surface area (Å²) < 4.78 is 55.3. The number of unbranched alkanes of at least 4 members (excludes halogenated alkanes) is 18. The summed E-state index contributed by atoms with van der Waals surface area (Å²) in [6, 6.07) is 19.1. The Morgan fingerprint density at radius 3 is 1.62 bits per heavy atom. The van der Waals surface area contributed by atoms with E-state index in [0.29, 0.717) is 19.3 Å². The van der Waals surface area contributed by atoms with E-state index >= 15 is 0 Å². The van der Waals surface area contributed by atoms with Crippen molar-refractivity contribution in [2.45, 2.75) is 217 Å². The average molecular weight is 942 g/mol. The molecule has 1 fully saturated rings. The van der Waals surface area contributed by atoms with Gasteiger partial charge in [0, 0.05) is 12.8 Å². The molecule has 0 radical (unpaired) electrons. The zero-order valence-electron chi connectivity index (χ0n) is 38.5. The molecule has 2 aromatic carbocycles. The number of rotatable bonds is 36. The number of aryl methyl sites for hydroxylation is 2. The second-order valence-electron chi connectivity index (χ2n) is 17.4. The van der Waals surface area contributed by atoms with Crippen LogP contribution < -0.4 is 5.32 Å². The minimum atomic E-state index is -5.17. The van der Waals surface area contributed by atoms with Gasteiger partial charge in [-0.2, -0.15) is 8.42 Å². The van der Waals surface area contributed by atoms with Gasteiger partial charge in [0.25, 0.3) is 0 Å². The van der Waals surface area contributed by atoms with Crippen LogP contribution >= 0.6 is 0 Å². The molecule has 1 saturated heterocycles. The third-order valence-corrected chi connectivity index (χ3v) is 12.4. The van der Waals surface area contributed by atoms with Crippen molar-refractivity contribution in [2.24, 2.45) is 0 Å². The first-order valence-electron chi connectivity index (χ1n) is 24.3. The number of carbonyl (C=O) groups excluding carboxylic acids is 3. The third kappa shape index (κ3) is 27.3. The third-order valence-electron chi connectivity index (χ3n) is 11.9. The van der Waals surface area contributed by atoms with E-state index in [1.165, 1.54) is 43.2 Å². The van der Waals surface area contributed by atoms with Gasteiger partial charge in [-0.25, -0.2) is 4.18 Å². The Kier molecular flexibility index (Phi) is 32.3. The van der Waals surface area contributed by atoms with Gasteiger partial charge in [-0.1, -0.05) is 170 Å². The Morgan fingerprint density at radius 1 is 0.662 bits per heavy atom. The van der Waals surface area contributed by atoms with E-state index in [0.717, 1.165) is 103 Å². The topological polar surface area (TPSA) is 195 Å². The van der Waals surface area contributed by atoms with E-state index in [-0.39, 0.29) is 48.8 Å². The van der Waals surface area contributed by atoms with Gasteiger partial charge in [0.15, 0.2) is 12.4 Å². The van der Waals surface area contributed by atoms with Crippen LogP contribution in [0.2, 0.25) is 0 Å². The molecule has 1 amide bonds. The number of esters is 2. The first kappa shape index (κ1) is 58.7. The molecular weight excluding hydrogens is 862 g/mol. The molecule has 0 aromatic heterocycles. The van der Waals surface area contributed by atoms with Crippen LogP contribution in [0.25, 0.3) is 0 Å². The Balaban J connectivity index is 0.0000145. The maximum absolute atomic E-state index is 13.7. The molecule has 3 rings (SSSR count). The van der Waals surface area contributed by atoms with Crippen molar-refractivity contribution in [1.82, 2.24) is 5.32 Å². The van der Waals surface area contributed by atoms with Crippen LogP contribution in [-0.2, 0) is 56.0 Å². The summed E-state index contributed by atoms with van der Waals surface area (Å²) in [5.74, 6) is -1.81. The van der Waals surface area contributed by atoms with Gasteiger partial charge in [0.2, 0.25) is 5.91 Å². The fourth-order valence-corrected chi connectivity index (χ4v) is 8.82. The van der Waals surface area contributed by atoms with Crippen LogP contribution in [0.1, 0.15) is 179 Å². The molecule has 0 aliphatic carbocycles. The molecule has 364 valence electrons. The summed E-state index contributed by atoms with van der Waals surface area (Å²) in [5, 5.41) is 23.6. The van der Waals surface area contributed by atoms with Gasteiger partial charge in [0.1, 0.15) is 24.4 Å². The van der Waals surface area contributed by atoms with Gasteiger partial charge < -0.3 is 29.7 Å². The first-order valence-corrected chi connectivity index (χ1v) is 25.7. The summed E-state index contributed by atoms with van der Waals surface area (Å²) in [7, 11) is -5.17. The van der Waals surface area contributed by atoms with Gasteiger partial charge in [-0.15, -0.1) is 0 Å². The second-order valence-corrected chi connectivity index (χ2v) is 18.5. The summed E-state index contributed by atoms with van der Waals surface area (Å²) >= 11 is 0. The van der Waals surface area contributed by atoms with Crippen LogP contribution in [0.15, 0.2) is 60.7 Å². The quantitative estimate of drug-likeness (QED) is 0.0220. The van der Waals surface area contributed by atoms with Gasteiger partial charge in [-0.05, 0) is 62.5 Å². The first-order chi connectivity index (χ1) is 31.0. The number of nitrogens with one attached hydrogen (secondary N) is 1. The number of aliphatic hydroxyl groups excluding tert-OH is 2. The second kappa shape index (κ2) is 35.7. The monoisotopic (exact) mass is 942 g/mol. The van der Waals surface area contributed by atoms with Crippen molar-refractivity contribution in [2.75, 3.05) is 6.61 Å². The summed E-state index contributed by atoms with van der Waals surface area (Å²) in [6.07, 6.45) is 15.7. The Morgan fingerprint density at radius 2 is 1.12 bits per heavy atom. The Labute approximate surface area is 412 Å². The Hall–Kier alpha value is -2.40. The average Bonchev–Trinajstić information content (AvgIpc) is 3.27. The normalized spacial score (nSPS) is 18.9. The molecule has 6 atom stereocenters. The molecule has 13 nitrogen and oxygen atoms in total. The van der Waals surface area contributed by atoms with E-state index in [1.54, 1.807) is 0 Å². The van der Waals surface area contributed by atoms with Crippen molar-refractivity contribution in [3.8, 4) is 0 Å². The van der Waals surface area contributed by atoms with Crippen molar-refractivity contribution in [3.63, 3.8) is 0 Å². The van der Waals surface area contributed by atoms with Crippen molar-refractivity contribution < 1.29 is 56.0 Å². The molecule has 2 unspecified atom stereocenters. The van der Waals surface area contributed by atoms with Crippen LogP contribution in [-0.4, -0.2) is 114 Å². The van der Waals surface area contributed by atoms with Crippen molar-refractivity contribution in [1.29, 1.82) is 0 Å². The maximum atomic E-state index is 13.7. The van der Waals surface area contributed by atoms with E-state index in [1.807, 2.05) is 24.3 Å². The molecule has 4 N–H and O–H groups in total. The molecule has 65 heavy (non-hydrogen) atoms. The number of hydrogen-bond donors (Lipinski definition) is 4. The van der Waals surface area contributed by atoms with Crippen molar-refractivity contribution >= 4 is 57.8 Å². The molecule has 0 saturated carbocycles. The van der Waals surface area contributed by atoms with Crippen LogP contribution in [0, 0.1) is 0 Å². The number of hydrogen-bond acceptors (Lipinski definition) is 11. The number of benzene rings is 2. The van der Waals surface area contributed by atoms with E-state index in [9.17, 15) is 37.6 Å². The van der Waals surface area contributed by atoms with Crippen molar-refractivity contribution in [3.05, 3.63) is 71.8 Å². The molecule has 1 heterocycles. The summed E-state index contributed by atoms with van der Waals surface area (Å²) in [6.45, 7) is 1.33. The fraction of sp³-hybridized carbons (Fsp3) is 0.700. The summed E-state index contributed by atoms with van der Waals surface area (Å²) in [4.78, 5) is 40.0. The van der Waals surface area contributed by atoms with E-state index < -0.39 is 71.6 Å². The molecule has 0 bridgehead atoms. The molecule has 1 aliphatic rings. The molecule has 0 spiro atoms. The zero-order chi connectivity index (χ0) is 46.3. The van der Waals surface area contributed by atoms with Crippen LogP contribution in [0.5, 0.6) is 0 Å². The molecule has 2 aromatic rings. The predicted molar refractivity (Wildman–Crippen MR) is 255 cm³/mol. The SMILES string of the molecule is CCCCCCCCCCCC(CC(=O)N[C@H]1C(O)O[C@H](CO)[C@@H](OS(=O)(=O)O)[C@@H]1OC(=O)CCCCCCCCc1ccccc1)OC(=O)CCCCCCCCc1ccccc1.[NaH]. The fourth-order valence-electron chi connectivity index (χ4n) is 8.31.